The van der Waals surface area contributed by atoms with E-state index in [-0.39, 0.29) is 11.7 Å². The zero-order valence-corrected chi connectivity index (χ0v) is 9.87. The molecule has 94 valence electrons. The molecule has 1 heterocycles. The van der Waals surface area contributed by atoms with Crippen molar-refractivity contribution in [3.63, 3.8) is 0 Å². The predicted octanol–water partition coefficient (Wildman–Crippen LogP) is 0.892. The summed E-state index contributed by atoms with van der Waals surface area (Å²) in [4.78, 5) is 12.3. The molecule has 1 saturated heterocycles. The van der Waals surface area contributed by atoms with Gasteiger partial charge in [0.15, 0.2) is 0 Å². The number of piperazine rings is 1. The Balaban J connectivity index is 2.10. The first-order valence-electron chi connectivity index (χ1n) is 5.78. The standard InChI is InChI=1S/C12H14N4O2/c13-7-12-8-14-4-5-15(12)9-10-2-1-3-11(6-10)16(17)18/h1-3,6,12,14H,4-5,8-9H2. The molecule has 1 aromatic rings. The van der Waals surface area contributed by atoms with E-state index in [9.17, 15) is 10.1 Å². The lowest BCUT2D eigenvalue weighted by molar-refractivity contribution is -0.384. The number of hydrogen-bond donors (Lipinski definition) is 1. The minimum atomic E-state index is -0.400. The van der Waals surface area contributed by atoms with Gasteiger partial charge in [0.1, 0.15) is 6.04 Å². The van der Waals surface area contributed by atoms with E-state index in [1.807, 2.05) is 11.0 Å². The van der Waals surface area contributed by atoms with Gasteiger partial charge in [0.05, 0.1) is 11.0 Å². The summed E-state index contributed by atoms with van der Waals surface area (Å²) in [6.45, 7) is 2.83. The van der Waals surface area contributed by atoms with Crippen molar-refractivity contribution in [1.82, 2.24) is 10.2 Å². The molecule has 0 aromatic heterocycles. The van der Waals surface area contributed by atoms with Crippen LogP contribution in [0.1, 0.15) is 5.56 Å². The molecule has 1 aliphatic rings. The van der Waals surface area contributed by atoms with Crippen LogP contribution in [0.3, 0.4) is 0 Å². The molecule has 0 radical (unpaired) electrons. The lowest BCUT2D eigenvalue weighted by Crippen LogP contribution is -2.49. The molecule has 0 saturated carbocycles. The highest BCUT2D eigenvalue weighted by Crippen LogP contribution is 2.16. The van der Waals surface area contributed by atoms with Crippen LogP contribution in [0.2, 0.25) is 0 Å². The first-order valence-corrected chi connectivity index (χ1v) is 5.78. The summed E-state index contributed by atoms with van der Waals surface area (Å²) in [5.74, 6) is 0. The van der Waals surface area contributed by atoms with Crippen molar-refractivity contribution in [1.29, 1.82) is 5.26 Å². The van der Waals surface area contributed by atoms with Crippen LogP contribution in [-0.2, 0) is 6.54 Å². The van der Waals surface area contributed by atoms with Crippen LogP contribution in [0.25, 0.3) is 0 Å². The number of nitro groups is 1. The summed E-state index contributed by atoms with van der Waals surface area (Å²) < 4.78 is 0. The zero-order valence-electron chi connectivity index (χ0n) is 9.87. The molecule has 1 aliphatic heterocycles. The van der Waals surface area contributed by atoms with Crippen molar-refractivity contribution < 1.29 is 4.92 Å². The van der Waals surface area contributed by atoms with Gasteiger partial charge in [-0.25, -0.2) is 0 Å². The third-order valence-electron chi connectivity index (χ3n) is 3.01. The van der Waals surface area contributed by atoms with Gasteiger partial charge >= 0.3 is 0 Å². The molecule has 6 nitrogen and oxygen atoms in total. The van der Waals surface area contributed by atoms with E-state index in [0.29, 0.717) is 13.1 Å². The Hall–Kier alpha value is -1.97. The first-order chi connectivity index (χ1) is 8.70. The van der Waals surface area contributed by atoms with Crippen molar-refractivity contribution in [3.05, 3.63) is 39.9 Å². The van der Waals surface area contributed by atoms with E-state index < -0.39 is 4.92 Å². The molecule has 1 fully saturated rings. The van der Waals surface area contributed by atoms with Gasteiger partial charge in [0.2, 0.25) is 0 Å². The molecule has 0 bridgehead atoms. The number of nitrogens with zero attached hydrogens (tertiary/aromatic N) is 3. The first kappa shape index (κ1) is 12.5. The Morgan fingerprint density at radius 2 is 2.44 bits per heavy atom. The molecule has 1 aromatic carbocycles. The average molecular weight is 246 g/mol. The van der Waals surface area contributed by atoms with E-state index >= 15 is 0 Å². The Bertz CT molecular complexity index is 483. The Kier molecular flexibility index (Phi) is 3.87. The monoisotopic (exact) mass is 246 g/mol. The maximum Gasteiger partial charge on any atom is 0.269 e. The molecule has 0 aliphatic carbocycles. The maximum absolute atomic E-state index is 10.7. The number of non-ortho nitro benzene ring substituents is 1. The zero-order chi connectivity index (χ0) is 13.0. The second-order valence-corrected chi connectivity index (χ2v) is 4.25. The summed E-state index contributed by atoms with van der Waals surface area (Å²) in [7, 11) is 0. The minimum absolute atomic E-state index is 0.0937. The van der Waals surface area contributed by atoms with Gasteiger partial charge in [-0.3, -0.25) is 15.0 Å². The summed E-state index contributed by atoms with van der Waals surface area (Å²) in [5.41, 5.74) is 0.961. The van der Waals surface area contributed by atoms with Crippen LogP contribution in [0.5, 0.6) is 0 Å². The van der Waals surface area contributed by atoms with E-state index in [2.05, 4.69) is 11.4 Å². The number of hydrogen-bond acceptors (Lipinski definition) is 5. The third kappa shape index (κ3) is 2.83. The number of rotatable bonds is 3. The largest absolute Gasteiger partial charge is 0.313 e. The van der Waals surface area contributed by atoms with E-state index in [4.69, 9.17) is 5.26 Å². The molecule has 1 atom stereocenters. The lowest BCUT2D eigenvalue weighted by atomic mass is 10.1. The quantitative estimate of drug-likeness (QED) is 0.632. The van der Waals surface area contributed by atoms with Gasteiger partial charge in [0, 0.05) is 38.3 Å². The SMILES string of the molecule is N#CC1CNCCN1Cc1cccc([N+](=O)[O-])c1. The van der Waals surface area contributed by atoms with Crippen LogP contribution in [0.4, 0.5) is 5.69 Å². The minimum Gasteiger partial charge on any atom is -0.313 e. The van der Waals surface area contributed by atoms with Crippen molar-refractivity contribution >= 4 is 5.69 Å². The normalized spacial score (nSPS) is 20.3. The molecule has 1 unspecified atom stereocenters. The molecule has 6 heteroatoms. The molecular formula is C12H14N4O2. The fourth-order valence-corrected chi connectivity index (χ4v) is 2.07. The van der Waals surface area contributed by atoms with Crippen LogP contribution < -0.4 is 5.32 Å². The van der Waals surface area contributed by atoms with E-state index in [1.54, 1.807) is 12.1 Å². The number of nitro benzene ring substituents is 1. The van der Waals surface area contributed by atoms with Gasteiger partial charge in [-0.1, -0.05) is 12.1 Å². The summed E-state index contributed by atoms with van der Waals surface area (Å²) in [6, 6.07) is 8.64. The maximum atomic E-state index is 10.7. The topological polar surface area (TPSA) is 82.2 Å². The number of nitrogens with one attached hydrogen (secondary N) is 1. The number of benzene rings is 1. The second-order valence-electron chi connectivity index (χ2n) is 4.25. The second kappa shape index (κ2) is 5.58. The third-order valence-corrected chi connectivity index (χ3v) is 3.01. The van der Waals surface area contributed by atoms with Gasteiger partial charge in [0.25, 0.3) is 5.69 Å². The fourth-order valence-electron chi connectivity index (χ4n) is 2.07. The van der Waals surface area contributed by atoms with Crippen LogP contribution in [0.15, 0.2) is 24.3 Å². The molecule has 1 N–H and O–H groups in total. The van der Waals surface area contributed by atoms with Crippen molar-refractivity contribution in [2.24, 2.45) is 0 Å². The molecular weight excluding hydrogens is 232 g/mol. The van der Waals surface area contributed by atoms with E-state index in [1.165, 1.54) is 6.07 Å². The average Bonchev–Trinajstić information content (AvgIpc) is 2.39. The Labute approximate surface area is 105 Å². The van der Waals surface area contributed by atoms with Crippen molar-refractivity contribution in [3.8, 4) is 6.07 Å². The van der Waals surface area contributed by atoms with Crippen LogP contribution >= 0.6 is 0 Å². The fraction of sp³-hybridized carbons (Fsp3) is 0.417. The summed E-state index contributed by atoms with van der Waals surface area (Å²) in [5, 5.41) is 22.9. The predicted molar refractivity (Wildman–Crippen MR) is 65.8 cm³/mol. The number of nitriles is 1. The van der Waals surface area contributed by atoms with E-state index in [0.717, 1.165) is 18.7 Å². The van der Waals surface area contributed by atoms with Gasteiger partial charge < -0.3 is 5.32 Å². The van der Waals surface area contributed by atoms with Gasteiger partial charge in [-0.15, -0.1) is 0 Å². The lowest BCUT2D eigenvalue weighted by Gasteiger charge is -2.31. The highest BCUT2D eigenvalue weighted by molar-refractivity contribution is 5.34. The van der Waals surface area contributed by atoms with Gasteiger partial charge in [-0.2, -0.15) is 5.26 Å². The Morgan fingerprint density at radius 1 is 1.61 bits per heavy atom. The van der Waals surface area contributed by atoms with Gasteiger partial charge in [-0.05, 0) is 5.56 Å². The molecule has 2 rings (SSSR count). The summed E-state index contributed by atoms with van der Waals surface area (Å²) >= 11 is 0. The van der Waals surface area contributed by atoms with Crippen LogP contribution in [-0.4, -0.2) is 35.5 Å². The van der Waals surface area contributed by atoms with Crippen molar-refractivity contribution in [2.75, 3.05) is 19.6 Å². The smallest absolute Gasteiger partial charge is 0.269 e. The summed E-state index contributed by atoms with van der Waals surface area (Å²) in [6.07, 6.45) is 0. The Morgan fingerprint density at radius 3 is 3.17 bits per heavy atom. The van der Waals surface area contributed by atoms with Crippen molar-refractivity contribution in [2.45, 2.75) is 12.6 Å². The molecule has 18 heavy (non-hydrogen) atoms. The van der Waals surface area contributed by atoms with Crippen LogP contribution in [0, 0.1) is 21.4 Å². The highest BCUT2D eigenvalue weighted by atomic mass is 16.6. The highest BCUT2D eigenvalue weighted by Gasteiger charge is 2.21. The molecule has 0 amide bonds. The molecule has 0 spiro atoms.